The van der Waals surface area contributed by atoms with Crippen LogP contribution in [0.4, 0.5) is 5.69 Å². The van der Waals surface area contributed by atoms with Crippen molar-refractivity contribution in [1.82, 2.24) is 0 Å². The summed E-state index contributed by atoms with van der Waals surface area (Å²) in [5.74, 6) is 0.305. The molecule has 8 nitrogen and oxygen atoms in total. The third kappa shape index (κ3) is 5.92. The van der Waals surface area contributed by atoms with E-state index < -0.39 is 10.9 Å². The van der Waals surface area contributed by atoms with Crippen molar-refractivity contribution in [2.45, 2.75) is 6.92 Å². The van der Waals surface area contributed by atoms with E-state index in [0.717, 1.165) is 0 Å². The zero-order valence-electron chi connectivity index (χ0n) is 15.7. The number of benzene rings is 2. The number of hydrogen-bond donors (Lipinski definition) is 0. The normalized spacial score (nSPS) is 10.8. The molecule has 0 aliphatic rings. The van der Waals surface area contributed by atoms with Crippen LogP contribution < -0.4 is 9.47 Å². The summed E-state index contributed by atoms with van der Waals surface area (Å²) in [7, 11) is 1.47. The maximum Gasteiger partial charge on any atom is 0.344 e. The molecule has 0 saturated carbocycles. The third-order valence-corrected chi connectivity index (χ3v) is 4.51. The highest BCUT2D eigenvalue weighted by Gasteiger charge is 2.14. The van der Waals surface area contributed by atoms with Crippen LogP contribution in [0.5, 0.6) is 11.5 Å². The lowest BCUT2D eigenvalue weighted by atomic mass is 10.0. The number of non-ortho nitro benzene ring substituents is 1. The van der Waals surface area contributed by atoms with Gasteiger partial charge in [-0.25, -0.2) is 4.79 Å². The van der Waals surface area contributed by atoms with Gasteiger partial charge in [0, 0.05) is 12.1 Å². The van der Waals surface area contributed by atoms with Gasteiger partial charge in [-0.1, -0.05) is 0 Å². The van der Waals surface area contributed by atoms with Crippen LogP contribution in [0.2, 0.25) is 0 Å². The van der Waals surface area contributed by atoms with Gasteiger partial charge in [-0.3, -0.25) is 10.1 Å². The van der Waals surface area contributed by atoms with Crippen molar-refractivity contribution in [2.75, 3.05) is 20.3 Å². The molecule has 0 unspecified atom stereocenters. The number of nitro benzene ring substituents is 1. The fourth-order valence-electron chi connectivity index (χ4n) is 2.41. The van der Waals surface area contributed by atoms with Gasteiger partial charge in [0.2, 0.25) is 0 Å². The number of nitro groups is 1. The quantitative estimate of drug-likeness (QED) is 0.131. The highest BCUT2D eigenvalue weighted by atomic mass is 127. The lowest BCUT2D eigenvalue weighted by molar-refractivity contribution is -0.384. The number of nitriles is 1. The predicted octanol–water partition coefficient (Wildman–Crippen LogP) is 4.21. The van der Waals surface area contributed by atoms with Crippen molar-refractivity contribution in [2.24, 2.45) is 0 Å². The molecule has 29 heavy (non-hydrogen) atoms. The minimum atomic E-state index is -0.498. The van der Waals surface area contributed by atoms with Crippen molar-refractivity contribution in [3.05, 3.63) is 61.2 Å². The summed E-state index contributed by atoms with van der Waals surface area (Å²) in [6.07, 6.45) is 1.64. The average molecular weight is 508 g/mol. The summed E-state index contributed by atoms with van der Waals surface area (Å²) in [6.45, 7) is 1.72. The van der Waals surface area contributed by atoms with Gasteiger partial charge in [0.05, 0.1) is 33.9 Å². The van der Waals surface area contributed by atoms with Crippen LogP contribution in [0.25, 0.3) is 11.6 Å². The Morgan fingerprint density at radius 1 is 1.31 bits per heavy atom. The summed E-state index contributed by atoms with van der Waals surface area (Å²) in [4.78, 5) is 21.8. The van der Waals surface area contributed by atoms with E-state index in [0.29, 0.717) is 31.8 Å². The molecule has 9 heteroatoms. The number of allylic oxidation sites excluding steroid dienone is 1. The average Bonchev–Trinajstić information content (AvgIpc) is 2.71. The molecule has 0 aromatic heterocycles. The summed E-state index contributed by atoms with van der Waals surface area (Å²) < 4.78 is 16.4. The first kappa shape index (κ1) is 22.2. The summed E-state index contributed by atoms with van der Waals surface area (Å²) in [6, 6.07) is 11.3. The Morgan fingerprint density at radius 3 is 2.55 bits per heavy atom. The number of methoxy groups -OCH3 is 1. The van der Waals surface area contributed by atoms with Gasteiger partial charge in [0.15, 0.2) is 18.1 Å². The zero-order chi connectivity index (χ0) is 21.4. The fraction of sp³-hybridized carbons (Fsp3) is 0.200. The van der Waals surface area contributed by atoms with Crippen LogP contribution in [-0.2, 0) is 9.53 Å². The Balaban J connectivity index is 2.33. The van der Waals surface area contributed by atoms with E-state index in [9.17, 15) is 20.2 Å². The Kier molecular flexibility index (Phi) is 7.97. The molecule has 0 spiro atoms. The monoisotopic (exact) mass is 508 g/mol. The van der Waals surface area contributed by atoms with E-state index in [2.05, 4.69) is 6.07 Å². The Morgan fingerprint density at radius 2 is 2.00 bits per heavy atom. The second-order valence-electron chi connectivity index (χ2n) is 5.60. The number of hydrogen-bond acceptors (Lipinski definition) is 7. The summed E-state index contributed by atoms with van der Waals surface area (Å²) >= 11 is 2.04. The number of esters is 1. The minimum Gasteiger partial charge on any atom is -0.493 e. The van der Waals surface area contributed by atoms with Gasteiger partial charge in [-0.15, -0.1) is 0 Å². The van der Waals surface area contributed by atoms with E-state index in [4.69, 9.17) is 14.2 Å². The van der Waals surface area contributed by atoms with Gasteiger partial charge in [0.25, 0.3) is 5.69 Å². The molecule has 0 heterocycles. The number of halogens is 1. The molecule has 0 aliphatic heterocycles. The lowest BCUT2D eigenvalue weighted by Gasteiger charge is -2.13. The van der Waals surface area contributed by atoms with Gasteiger partial charge in [-0.2, -0.15) is 5.26 Å². The van der Waals surface area contributed by atoms with Crippen molar-refractivity contribution in [3.63, 3.8) is 0 Å². The Hall–Kier alpha value is -3.13. The molecule has 0 bridgehead atoms. The molecule has 0 N–H and O–H groups in total. The molecular formula is C20H17IN2O6. The predicted molar refractivity (Wildman–Crippen MR) is 114 cm³/mol. The van der Waals surface area contributed by atoms with E-state index in [-0.39, 0.29) is 18.9 Å². The number of rotatable bonds is 8. The molecule has 0 amide bonds. The highest BCUT2D eigenvalue weighted by molar-refractivity contribution is 14.1. The third-order valence-electron chi connectivity index (χ3n) is 3.71. The van der Waals surface area contributed by atoms with Crippen LogP contribution in [0.15, 0.2) is 36.4 Å². The fourth-order valence-corrected chi connectivity index (χ4v) is 3.19. The van der Waals surface area contributed by atoms with Gasteiger partial charge in [0.1, 0.15) is 0 Å². The van der Waals surface area contributed by atoms with Crippen LogP contribution in [-0.4, -0.2) is 31.2 Å². The molecule has 0 fully saturated rings. The second-order valence-corrected chi connectivity index (χ2v) is 6.76. The van der Waals surface area contributed by atoms with E-state index >= 15 is 0 Å². The minimum absolute atomic E-state index is 0.0506. The van der Waals surface area contributed by atoms with Crippen LogP contribution in [0, 0.1) is 25.0 Å². The maximum absolute atomic E-state index is 11.5. The van der Waals surface area contributed by atoms with Crippen molar-refractivity contribution in [3.8, 4) is 17.6 Å². The summed E-state index contributed by atoms with van der Waals surface area (Å²) in [5.41, 5.74) is 1.50. The largest absolute Gasteiger partial charge is 0.493 e. The molecule has 0 aliphatic carbocycles. The van der Waals surface area contributed by atoms with Crippen molar-refractivity contribution in [1.29, 1.82) is 5.26 Å². The highest BCUT2D eigenvalue weighted by Crippen LogP contribution is 2.35. The molecule has 0 radical (unpaired) electrons. The van der Waals surface area contributed by atoms with E-state index in [1.165, 1.54) is 31.4 Å². The molecular weight excluding hydrogens is 491 g/mol. The first-order valence-electron chi connectivity index (χ1n) is 8.42. The number of carbonyl (C=O) groups excluding carboxylic acids is 1. The standard InChI is InChI=1S/C20H17IN2O6/c1-3-28-19(24)12-29-20-17(21)9-13(10-18(20)27-2)8-15(11-22)14-4-6-16(7-5-14)23(25)26/h4-10H,3,12H2,1-2H3/b15-8-. The van der Waals surface area contributed by atoms with Crippen LogP contribution in [0.1, 0.15) is 18.1 Å². The smallest absolute Gasteiger partial charge is 0.344 e. The second kappa shape index (κ2) is 10.4. The molecule has 150 valence electrons. The lowest BCUT2D eigenvalue weighted by Crippen LogP contribution is -2.15. The number of nitrogens with zero attached hydrogens (tertiary/aromatic N) is 2. The maximum atomic E-state index is 11.5. The topological polar surface area (TPSA) is 112 Å². The van der Waals surface area contributed by atoms with Gasteiger partial charge in [-0.05, 0) is 71.0 Å². The number of ether oxygens (including phenoxy) is 3. The molecule has 0 atom stereocenters. The van der Waals surface area contributed by atoms with Crippen LogP contribution in [0.3, 0.4) is 0 Å². The zero-order valence-corrected chi connectivity index (χ0v) is 17.8. The summed E-state index contributed by atoms with van der Waals surface area (Å²) in [5, 5.41) is 20.3. The SMILES string of the molecule is CCOC(=O)COc1c(I)cc(/C=C(/C#N)c2ccc([N+](=O)[O-])cc2)cc1OC. The Bertz CT molecular complexity index is 980. The first-order valence-corrected chi connectivity index (χ1v) is 9.50. The number of carbonyl (C=O) groups is 1. The molecule has 2 rings (SSSR count). The molecule has 2 aromatic carbocycles. The van der Waals surface area contributed by atoms with E-state index in [1.807, 2.05) is 22.6 Å². The van der Waals surface area contributed by atoms with Crippen LogP contribution >= 0.6 is 22.6 Å². The molecule has 2 aromatic rings. The van der Waals surface area contributed by atoms with E-state index in [1.54, 1.807) is 25.1 Å². The molecule has 0 saturated heterocycles. The van der Waals surface area contributed by atoms with Gasteiger partial charge >= 0.3 is 5.97 Å². The Labute approximate surface area is 181 Å². The van der Waals surface area contributed by atoms with Crippen molar-refractivity contribution >= 4 is 45.9 Å². The van der Waals surface area contributed by atoms with Crippen molar-refractivity contribution < 1.29 is 23.9 Å². The van der Waals surface area contributed by atoms with Gasteiger partial charge < -0.3 is 14.2 Å². The first-order chi connectivity index (χ1) is 13.9.